The van der Waals surface area contributed by atoms with E-state index in [4.69, 9.17) is 5.73 Å². The zero-order valence-corrected chi connectivity index (χ0v) is 18.7. The smallest absolute Gasteiger partial charge is 0.255 e. The molecule has 1 saturated heterocycles. The fourth-order valence-corrected chi connectivity index (χ4v) is 3.81. The molecule has 31 heavy (non-hydrogen) atoms. The van der Waals surface area contributed by atoms with Gasteiger partial charge >= 0.3 is 0 Å². The Labute approximate surface area is 192 Å². The van der Waals surface area contributed by atoms with Crippen LogP contribution in [-0.2, 0) is 11.2 Å². The Kier molecular flexibility index (Phi) is 8.33. The second kappa shape index (κ2) is 10.5. The Bertz CT molecular complexity index is 1080. The highest BCUT2D eigenvalue weighted by Gasteiger charge is 2.34. The fraction of sp³-hybridized carbons (Fsp3) is 0.273. The second-order valence-electron chi connectivity index (χ2n) is 7.38. The number of nitrogens with one attached hydrogen (secondary N) is 1. The molecular formula is C22H25Cl2N5O2. The number of aryl methyl sites for hydroxylation is 1. The Morgan fingerprint density at radius 2 is 1.90 bits per heavy atom. The maximum absolute atomic E-state index is 12.9. The lowest BCUT2D eigenvalue weighted by molar-refractivity contribution is -0.129. The van der Waals surface area contributed by atoms with E-state index in [1.807, 2.05) is 36.4 Å². The number of nitrogens with two attached hydrogens (primary N) is 1. The normalized spacial score (nSPS) is 17.5. The number of hydrogen-bond acceptors (Lipinski definition) is 5. The number of pyridine rings is 1. The molecule has 3 aromatic rings. The van der Waals surface area contributed by atoms with Gasteiger partial charge in [0, 0.05) is 54.3 Å². The van der Waals surface area contributed by atoms with Crippen molar-refractivity contribution < 1.29 is 4.79 Å². The van der Waals surface area contributed by atoms with Gasteiger partial charge in [0.25, 0.3) is 5.56 Å². The summed E-state index contributed by atoms with van der Waals surface area (Å²) in [7, 11) is 0. The largest absolute Gasteiger partial charge is 0.340 e. The molecule has 0 spiro atoms. The Hall–Kier alpha value is -2.74. The van der Waals surface area contributed by atoms with Crippen molar-refractivity contribution in [3.63, 3.8) is 0 Å². The SMILES string of the molecule is Cc1nc(-c2cccnc2)[nH]c(=O)c1CC(=O)N1C[C@@H](N)[C@H](c2ccccc2)C1.Cl.Cl. The van der Waals surface area contributed by atoms with Gasteiger partial charge in [-0.25, -0.2) is 4.98 Å². The molecule has 2 aromatic heterocycles. The number of likely N-dealkylation sites (tertiary alicyclic amines) is 1. The van der Waals surface area contributed by atoms with Crippen LogP contribution in [-0.4, -0.2) is 44.9 Å². The van der Waals surface area contributed by atoms with E-state index in [9.17, 15) is 9.59 Å². The minimum Gasteiger partial charge on any atom is -0.340 e. The number of nitrogens with zero attached hydrogens (tertiary/aromatic N) is 3. The quantitative estimate of drug-likeness (QED) is 0.620. The molecule has 3 heterocycles. The minimum absolute atomic E-state index is 0. The number of carbonyl (C=O) groups is 1. The number of aromatic nitrogens is 3. The third-order valence-electron chi connectivity index (χ3n) is 5.43. The van der Waals surface area contributed by atoms with E-state index in [1.54, 1.807) is 30.3 Å². The van der Waals surface area contributed by atoms with Crippen molar-refractivity contribution in [2.24, 2.45) is 5.73 Å². The summed E-state index contributed by atoms with van der Waals surface area (Å²) in [6.07, 6.45) is 3.30. The molecule has 3 N–H and O–H groups in total. The van der Waals surface area contributed by atoms with Crippen LogP contribution in [0.15, 0.2) is 59.7 Å². The van der Waals surface area contributed by atoms with Crippen LogP contribution in [0.5, 0.6) is 0 Å². The summed E-state index contributed by atoms with van der Waals surface area (Å²) in [5.74, 6) is 0.443. The first-order chi connectivity index (χ1) is 14.0. The molecule has 4 rings (SSSR count). The number of halogens is 2. The lowest BCUT2D eigenvalue weighted by Gasteiger charge is -2.17. The molecule has 164 valence electrons. The number of amides is 1. The molecule has 9 heteroatoms. The topological polar surface area (TPSA) is 105 Å². The predicted molar refractivity (Wildman–Crippen MR) is 125 cm³/mol. The molecule has 0 unspecified atom stereocenters. The van der Waals surface area contributed by atoms with Crippen molar-refractivity contribution in [3.8, 4) is 11.4 Å². The maximum Gasteiger partial charge on any atom is 0.255 e. The highest BCUT2D eigenvalue weighted by molar-refractivity contribution is 5.85. The summed E-state index contributed by atoms with van der Waals surface area (Å²) in [6, 6.07) is 13.5. The van der Waals surface area contributed by atoms with E-state index < -0.39 is 0 Å². The van der Waals surface area contributed by atoms with E-state index >= 15 is 0 Å². The predicted octanol–water partition coefficient (Wildman–Crippen LogP) is 2.48. The summed E-state index contributed by atoms with van der Waals surface area (Å²) in [6.45, 7) is 2.79. The third kappa shape index (κ3) is 5.31. The zero-order chi connectivity index (χ0) is 20.4. The number of benzene rings is 1. The van der Waals surface area contributed by atoms with Crippen LogP contribution in [0, 0.1) is 6.92 Å². The highest BCUT2D eigenvalue weighted by Crippen LogP contribution is 2.26. The van der Waals surface area contributed by atoms with Crippen molar-refractivity contribution in [1.82, 2.24) is 19.9 Å². The van der Waals surface area contributed by atoms with Gasteiger partial charge in [-0.1, -0.05) is 30.3 Å². The Morgan fingerprint density at radius 1 is 1.16 bits per heavy atom. The van der Waals surface area contributed by atoms with Gasteiger partial charge in [-0.05, 0) is 24.6 Å². The van der Waals surface area contributed by atoms with Gasteiger partial charge in [-0.2, -0.15) is 0 Å². The minimum atomic E-state index is -0.298. The van der Waals surface area contributed by atoms with Gasteiger partial charge in [0.15, 0.2) is 0 Å². The van der Waals surface area contributed by atoms with E-state index in [0.717, 1.165) is 11.1 Å². The Morgan fingerprint density at radius 3 is 2.55 bits per heavy atom. The van der Waals surface area contributed by atoms with E-state index in [2.05, 4.69) is 15.0 Å². The number of hydrogen-bond donors (Lipinski definition) is 2. The van der Waals surface area contributed by atoms with Gasteiger partial charge in [0.1, 0.15) is 5.82 Å². The van der Waals surface area contributed by atoms with Crippen molar-refractivity contribution in [2.45, 2.75) is 25.3 Å². The van der Waals surface area contributed by atoms with Crippen LogP contribution in [0.25, 0.3) is 11.4 Å². The molecule has 1 aliphatic heterocycles. The average molecular weight is 462 g/mol. The number of rotatable bonds is 4. The van der Waals surface area contributed by atoms with Crippen LogP contribution < -0.4 is 11.3 Å². The first-order valence-corrected chi connectivity index (χ1v) is 9.61. The molecule has 0 radical (unpaired) electrons. The molecule has 1 aromatic carbocycles. The van der Waals surface area contributed by atoms with E-state index in [-0.39, 0.29) is 54.7 Å². The first-order valence-electron chi connectivity index (χ1n) is 9.61. The first kappa shape index (κ1) is 24.5. The van der Waals surface area contributed by atoms with Crippen molar-refractivity contribution in [1.29, 1.82) is 0 Å². The molecule has 0 saturated carbocycles. The standard InChI is InChI=1S/C22H23N5O2.2ClH/c1-14-17(22(29)26-21(25-14)16-8-5-9-24-11-16)10-20(28)27-12-18(19(23)13-27)15-6-3-2-4-7-15;;/h2-9,11,18-19H,10,12-13,23H2,1H3,(H,25,26,29);2*1H/t18-,19+;;/m0../s1. The number of H-pyrrole nitrogens is 1. The van der Waals surface area contributed by atoms with Crippen LogP contribution in [0.3, 0.4) is 0 Å². The summed E-state index contributed by atoms with van der Waals surface area (Å²) in [5, 5.41) is 0. The van der Waals surface area contributed by atoms with Gasteiger partial charge in [-0.15, -0.1) is 24.8 Å². The lowest BCUT2D eigenvalue weighted by Crippen LogP contribution is -2.34. The summed E-state index contributed by atoms with van der Waals surface area (Å²) in [4.78, 5) is 38.5. The molecule has 1 amide bonds. The van der Waals surface area contributed by atoms with Crippen molar-refractivity contribution in [3.05, 3.63) is 82.0 Å². The molecule has 1 fully saturated rings. The summed E-state index contributed by atoms with van der Waals surface area (Å²) < 4.78 is 0. The highest BCUT2D eigenvalue weighted by atomic mass is 35.5. The molecular weight excluding hydrogens is 437 g/mol. The van der Waals surface area contributed by atoms with Crippen LogP contribution in [0.1, 0.15) is 22.7 Å². The number of carbonyl (C=O) groups excluding carboxylic acids is 1. The number of aromatic amines is 1. The summed E-state index contributed by atoms with van der Waals surface area (Å²) >= 11 is 0. The average Bonchev–Trinajstić information content (AvgIpc) is 3.13. The summed E-state index contributed by atoms with van der Waals surface area (Å²) in [5.41, 5.74) is 8.79. The van der Waals surface area contributed by atoms with Crippen LogP contribution in [0.2, 0.25) is 0 Å². The molecule has 2 atom stereocenters. The molecule has 1 aliphatic rings. The zero-order valence-electron chi connectivity index (χ0n) is 17.0. The van der Waals surface area contributed by atoms with Gasteiger partial charge in [-0.3, -0.25) is 14.6 Å². The third-order valence-corrected chi connectivity index (χ3v) is 5.43. The molecule has 0 bridgehead atoms. The van der Waals surface area contributed by atoms with E-state index in [1.165, 1.54) is 0 Å². The van der Waals surface area contributed by atoms with Crippen molar-refractivity contribution >= 4 is 30.7 Å². The maximum atomic E-state index is 12.9. The Balaban J connectivity index is 0.00000171. The molecule has 7 nitrogen and oxygen atoms in total. The molecule has 0 aliphatic carbocycles. The van der Waals surface area contributed by atoms with E-state index in [0.29, 0.717) is 30.2 Å². The monoisotopic (exact) mass is 461 g/mol. The van der Waals surface area contributed by atoms with Crippen molar-refractivity contribution in [2.75, 3.05) is 13.1 Å². The van der Waals surface area contributed by atoms with Gasteiger partial charge < -0.3 is 15.6 Å². The second-order valence-corrected chi connectivity index (χ2v) is 7.38. The fourth-order valence-electron chi connectivity index (χ4n) is 3.81. The van der Waals surface area contributed by atoms with Gasteiger partial charge in [0.2, 0.25) is 5.91 Å². The van der Waals surface area contributed by atoms with Gasteiger partial charge in [0.05, 0.1) is 6.42 Å². The van der Waals surface area contributed by atoms with Crippen LogP contribution >= 0.6 is 24.8 Å². The van der Waals surface area contributed by atoms with Crippen LogP contribution in [0.4, 0.5) is 0 Å². The lowest BCUT2D eigenvalue weighted by atomic mass is 9.95.